The molecular formula is C23H23N3O2. The van der Waals surface area contributed by atoms with Gasteiger partial charge in [-0.3, -0.25) is 14.6 Å². The number of aryl methyl sites for hydroxylation is 1. The molecule has 0 radical (unpaired) electrons. The highest BCUT2D eigenvalue weighted by molar-refractivity contribution is 6.04. The second-order valence-electron chi connectivity index (χ2n) is 6.61. The Morgan fingerprint density at radius 1 is 0.964 bits per heavy atom. The summed E-state index contributed by atoms with van der Waals surface area (Å²) in [5, 5.41) is 2.81. The van der Waals surface area contributed by atoms with E-state index in [0.29, 0.717) is 23.4 Å². The maximum atomic E-state index is 12.8. The highest BCUT2D eigenvalue weighted by Gasteiger charge is 2.14. The van der Waals surface area contributed by atoms with Crippen LogP contribution in [-0.4, -0.2) is 28.7 Å². The molecule has 1 aromatic heterocycles. The summed E-state index contributed by atoms with van der Waals surface area (Å²) in [4.78, 5) is 30.7. The molecule has 5 heteroatoms. The van der Waals surface area contributed by atoms with Crippen LogP contribution in [0.3, 0.4) is 0 Å². The van der Waals surface area contributed by atoms with E-state index in [2.05, 4.69) is 29.4 Å². The average Bonchev–Trinajstić information content (AvgIpc) is 2.74. The van der Waals surface area contributed by atoms with Gasteiger partial charge in [-0.05, 0) is 47.9 Å². The monoisotopic (exact) mass is 373 g/mol. The van der Waals surface area contributed by atoms with Crippen LogP contribution in [0.2, 0.25) is 0 Å². The Hall–Kier alpha value is -3.47. The number of carbonyl (C=O) groups excluding carboxylic acids is 2. The topological polar surface area (TPSA) is 62.3 Å². The number of nitrogens with zero attached hydrogens (tertiary/aromatic N) is 2. The number of carbonyl (C=O) groups is 2. The van der Waals surface area contributed by atoms with Crippen LogP contribution in [0.4, 0.5) is 5.69 Å². The average molecular weight is 373 g/mol. The molecule has 28 heavy (non-hydrogen) atoms. The van der Waals surface area contributed by atoms with E-state index in [-0.39, 0.29) is 11.8 Å². The van der Waals surface area contributed by atoms with Gasteiger partial charge in [0.05, 0.1) is 5.56 Å². The SMILES string of the molecule is CCc1ccc(CN(C)C(=O)c2cccc(NC(=O)c3cccnc3)c2)cc1. The predicted octanol–water partition coefficient (Wildman–Crippen LogP) is 4.17. The van der Waals surface area contributed by atoms with Crippen LogP contribution in [0, 0.1) is 0 Å². The second kappa shape index (κ2) is 8.95. The molecule has 5 nitrogen and oxygen atoms in total. The number of hydrogen-bond acceptors (Lipinski definition) is 3. The van der Waals surface area contributed by atoms with Gasteiger partial charge < -0.3 is 10.2 Å². The van der Waals surface area contributed by atoms with Crippen molar-refractivity contribution in [2.45, 2.75) is 19.9 Å². The van der Waals surface area contributed by atoms with Crippen molar-refractivity contribution in [2.75, 3.05) is 12.4 Å². The molecule has 142 valence electrons. The zero-order valence-electron chi connectivity index (χ0n) is 16.1. The van der Waals surface area contributed by atoms with E-state index in [1.54, 1.807) is 54.5 Å². The Balaban J connectivity index is 1.68. The van der Waals surface area contributed by atoms with Crippen LogP contribution < -0.4 is 5.32 Å². The van der Waals surface area contributed by atoms with Crippen LogP contribution in [0.25, 0.3) is 0 Å². The summed E-state index contributed by atoms with van der Waals surface area (Å²) < 4.78 is 0. The van der Waals surface area contributed by atoms with Gasteiger partial charge in [0.25, 0.3) is 11.8 Å². The van der Waals surface area contributed by atoms with Crippen molar-refractivity contribution in [2.24, 2.45) is 0 Å². The summed E-state index contributed by atoms with van der Waals surface area (Å²) in [5.41, 5.74) is 3.91. The summed E-state index contributed by atoms with van der Waals surface area (Å²) in [6.07, 6.45) is 4.11. The summed E-state index contributed by atoms with van der Waals surface area (Å²) in [5.74, 6) is -0.362. The van der Waals surface area contributed by atoms with Crippen LogP contribution >= 0.6 is 0 Å². The van der Waals surface area contributed by atoms with E-state index in [1.807, 2.05) is 12.1 Å². The summed E-state index contributed by atoms with van der Waals surface area (Å²) >= 11 is 0. The Labute approximate surface area is 165 Å². The molecule has 0 aliphatic heterocycles. The minimum atomic E-state index is -0.262. The highest BCUT2D eigenvalue weighted by atomic mass is 16.2. The van der Waals surface area contributed by atoms with Crippen molar-refractivity contribution in [3.8, 4) is 0 Å². The van der Waals surface area contributed by atoms with Gasteiger partial charge in [0, 0.05) is 37.2 Å². The third kappa shape index (κ3) is 4.82. The van der Waals surface area contributed by atoms with E-state index >= 15 is 0 Å². The zero-order valence-corrected chi connectivity index (χ0v) is 16.1. The van der Waals surface area contributed by atoms with Crippen LogP contribution in [0.15, 0.2) is 73.1 Å². The van der Waals surface area contributed by atoms with Crippen LogP contribution in [0.1, 0.15) is 38.8 Å². The maximum absolute atomic E-state index is 12.8. The molecule has 1 heterocycles. The predicted molar refractivity (Wildman–Crippen MR) is 110 cm³/mol. The lowest BCUT2D eigenvalue weighted by Gasteiger charge is -2.18. The Morgan fingerprint density at radius 2 is 1.68 bits per heavy atom. The maximum Gasteiger partial charge on any atom is 0.257 e. The van der Waals surface area contributed by atoms with Gasteiger partial charge in [-0.25, -0.2) is 0 Å². The highest BCUT2D eigenvalue weighted by Crippen LogP contribution is 2.15. The lowest BCUT2D eigenvalue weighted by molar-refractivity contribution is 0.0784. The molecule has 2 amide bonds. The second-order valence-corrected chi connectivity index (χ2v) is 6.61. The molecule has 0 saturated carbocycles. The number of nitrogens with one attached hydrogen (secondary N) is 1. The standard InChI is InChI=1S/C23H23N3O2/c1-3-17-9-11-18(12-10-17)16-26(2)23(28)19-6-4-8-21(14-19)25-22(27)20-7-5-13-24-15-20/h4-15H,3,16H2,1-2H3,(H,25,27). The first kappa shape index (κ1) is 19.3. The van der Waals surface area contributed by atoms with Gasteiger partial charge in [-0.15, -0.1) is 0 Å². The molecule has 0 saturated heterocycles. The molecule has 0 atom stereocenters. The first-order valence-electron chi connectivity index (χ1n) is 9.21. The van der Waals surface area contributed by atoms with E-state index in [1.165, 1.54) is 11.8 Å². The smallest absolute Gasteiger partial charge is 0.257 e. The van der Waals surface area contributed by atoms with Crippen molar-refractivity contribution in [1.82, 2.24) is 9.88 Å². The molecule has 2 aromatic carbocycles. The van der Waals surface area contributed by atoms with Crippen molar-refractivity contribution < 1.29 is 9.59 Å². The fourth-order valence-corrected chi connectivity index (χ4v) is 2.88. The number of amides is 2. The van der Waals surface area contributed by atoms with Gasteiger partial charge in [-0.2, -0.15) is 0 Å². The van der Waals surface area contributed by atoms with E-state index < -0.39 is 0 Å². The van der Waals surface area contributed by atoms with Crippen molar-refractivity contribution >= 4 is 17.5 Å². The quantitative estimate of drug-likeness (QED) is 0.705. The molecule has 0 aliphatic carbocycles. The Bertz CT molecular complexity index is 953. The van der Waals surface area contributed by atoms with Gasteiger partial charge in [-0.1, -0.05) is 37.3 Å². The molecular weight excluding hydrogens is 350 g/mol. The molecule has 3 rings (SSSR count). The summed E-state index contributed by atoms with van der Waals surface area (Å²) in [6.45, 7) is 2.64. The van der Waals surface area contributed by atoms with Gasteiger partial charge in [0.15, 0.2) is 0 Å². The van der Waals surface area contributed by atoms with Crippen LogP contribution in [0.5, 0.6) is 0 Å². The lowest BCUT2D eigenvalue weighted by atomic mass is 10.1. The third-order valence-corrected chi connectivity index (χ3v) is 4.49. The molecule has 3 aromatic rings. The van der Waals surface area contributed by atoms with E-state index in [9.17, 15) is 9.59 Å². The molecule has 1 N–H and O–H groups in total. The number of aromatic nitrogens is 1. The molecule has 0 unspecified atom stereocenters. The normalized spacial score (nSPS) is 10.4. The molecule has 0 aliphatic rings. The summed E-state index contributed by atoms with van der Waals surface area (Å²) in [7, 11) is 1.77. The number of hydrogen-bond donors (Lipinski definition) is 1. The minimum Gasteiger partial charge on any atom is -0.337 e. The molecule has 0 bridgehead atoms. The number of anilines is 1. The van der Waals surface area contributed by atoms with Crippen molar-refractivity contribution in [1.29, 1.82) is 0 Å². The fourth-order valence-electron chi connectivity index (χ4n) is 2.88. The molecule has 0 spiro atoms. The van der Waals surface area contributed by atoms with Crippen molar-refractivity contribution in [3.05, 3.63) is 95.3 Å². The summed E-state index contributed by atoms with van der Waals surface area (Å²) in [6, 6.07) is 18.6. The van der Waals surface area contributed by atoms with Gasteiger partial charge in [0.2, 0.25) is 0 Å². The first-order valence-corrected chi connectivity index (χ1v) is 9.21. The van der Waals surface area contributed by atoms with Crippen molar-refractivity contribution in [3.63, 3.8) is 0 Å². The zero-order chi connectivity index (χ0) is 19.9. The van der Waals surface area contributed by atoms with E-state index in [0.717, 1.165) is 12.0 Å². The molecule has 0 fully saturated rings. The number of rotatable bonds is 6. The van der Waals surface area contributed by atoms with Gasteiger partial charge in [0.1, 0.15) is 0 Å². The minimum absolute atomic E-state index is 0.1000. The Morgan fingerprint density at radius 3 is 2.36 bits per heavy atom. The fraction of sp³-hybridized carbons (Fsp3) is 0.174. The lowest BCUT2D eigenvalue weighted by Crippen LogP contribution is -2.26. The largest absolute Gasteiger partial charge is 0.337 e. The third-order valence-electron chi connectivity index (χ3n) is 4.49. The van der Waals surface area contributed by atoms with Crippen LogP contribution in [-0.2, 0) is 13.0 Å². The van der Waals surface area contributed by atoms with E-state index in [4.69, 9.17) is 0 Å². The number of pyridine rings is 1. The number of benzene rings is 2. The first-order chi connectivity index (χ1) is 13.6. The van der Waals surface area contributed by atoms with Gasteiger partial charge >= 0.3 is 0 Å². The Kier molecular flexibility index (Phi) is 6.17.